The van der Waals surface area contributed by atoms with Crippen molar-refractivity contribution in [2.75, 3.05) is 7.05 Å². The lowest BCUT2D eigenvalue weighted by Gasteiger charge is -2.37. The van der Waals surface area contributed by atoms with Gasteiger partial charge in [-0.15, -0.1) is 0 Å². The Labute approximate surface area is 103 Å². The maximum atomic E-state index is 6.27. The number of hydrogen-bond donors (Lipinski definition) is 1. The van der Waals surface area contributed by atoms with Crippen molar-refractivity contribution in [3.05, 3.63) is 0 Å². The third kappa shape index (κ3) is 5.31. The van der Waals surface area contributed by atoms with Crippen molar-refractivity contribution < 1.29 is 0 Å². The van der Waals surface area contributed by atoms with Gasteiger partial charge in [0, 0.05) is 18.1 Å². The highest BCUT2D eigenvalue weighted by Crippen LogP contribution is 2.17. The van der Waals surface area contributed by atoms with E-state index >= 15 is 0 Å². The normalized spacial score (nSPS) is 17.8. The van der Waals surface area contributed by atoms with E-state index in [4.69, 9.17) is 5.73 Å². The van der Waals surface area contributed by atoms with Crippen LogP contribution in [0.4, 0.5) is 0 Å². The van der Waals surface area contributed by atoms with Gasteiger partial charge in [-0.1, -0.05) is 34.1 Å². The van der Waals surface area contributed by atoms with E-state index in [2.05, 4.69) is 46.6 Å². The first kappa shape index (κ1) is 15.9. The fraction of sp³-hybridized carbons (Fsp3) is 1.00. The molecular formula is C14H32N2. The van der Waals surface area contributed by atoms with E-state index in [1.165, 1.54) is 12.8 Å². The highest BCUT2D eigenvalue weighted by molar-refractivity contribution is 4.82. The summed E-state index contributed by atoms with van der Waals surface area (Å²) in [6.45, 7) is 11.4. The van der Waals surface area contributed by atoms with Crippen LogP contribution in [0.5, 0.6) is 0 Å². The minimum atomic E-state index is 0.328. The number of nitrogens with two attached hydrogens (primary N) is 1. The molecule has 3 unspecified atom stereocenters. The second-order valence-corrected chi connectivity index (χ2v) is 5.57. The van der Waals surface area contributed by atoms with Crippen LogP contribution >= 0.6 is 0 Å². The molecule has 3 atom stereocenters. The molecule has 2 N–H and O–H groups in total. The molecule has 0 fully saturated rings. The molecule has 2 heteroatoms. The van der Waals surface area contributed by atoms with Crippen LogP contribution in [-0.4, -0.2) is 30.1 Å². The van der Waals surface area contributed by atoms with Crippen molar-refractivity contribution in [1.82, 2.24) is 4.90 Å². The molecule has 0 aliphatic heterocycles. The van der Waals surface area contributed by atoms with Crippen LogP contribution in [0.3, 0.4) is 0 Å². The Bertz CT molecular complexity index is 168. The number of hydrogen-bond acceptors (Lipinski definition) is 2. The molecule has 0 aromatic heterocycles. The van der Waals surface area contributed by atoms with Gasteiger partial charge >= 0.3 is 0 Å². The molecule has 0 saturated carbocycles. The summed E-state index contributed by atoms with van der Waals surface area (Å²) in [7, 11) is 2.23. The smallest absolute Gasteiger partial charge is 0.0244 e. The van der Waals surface area contributed by atoms with Crippen LogP contribution in [0.2, 0.25) is 0 Å². The maximum absolute atomic E-state index is 6.27. The topological polar surface area (TPSA) is 29.3 Å². The molecular weight excluding hydrogens is 196 g/mol. The lowest BCUT2D eigenvalue weighted by molar-refractivity contribution is 0.136. The zero-order valence-corrected chi connectivity index (χ0v) is 12.2. The summed E-state index contributed by atoms with van der Waals surface area (Å²) in [5.74, 6) is 0.761. The lowest BCUT2D eigenvalue weighted by atomic mass is 9.96. The summed E-state index contributed by atoms with van der Waals surface area (Å²) >= 11 is 0. The molecule has 0 spiro atoms. The molecule has 0 bridgehead atoms. The molecule has 0 saturated heterocycles. The molecule has 16 heavy (non-hydrogen) atoms. The van der Waals surface area contributed by atoms with E-state index in [1.807, 2.05) is 0 Å². The fourth-order valence-corrected chi connectivity index (χ4v) is 2.59. The second kappa shape index (κ2) is 8.08. The van der Waals surface area contributed by atoms with Crippen LogP contribution in [0, 0.1) is 5.92 Å². The molecule has 0 aromatic carbocycles. The summed E-state index contributed by atoms with van der Waals surface area (Å²) in [6, 6.07) is 1.50. The predicted molar refractivity (Wildman–Crippen MR) is 73.6 cm³/mol. The van der Waals surface area contributed by atoms with Gasteiger partial charge in [0.15, 0.2) is 0 Å². The Balaban J connectivity index is 4.33. The molecule has 0 heterocycles. The van der Waals surface area contributed by atoms with E-state index in [0.29, 0.717) is 18.1 Å². The maximum Gasteiger partial charge on any atom is 0.0244 e. The van der Waals surface area contributed by atoms with Gasteiger partial charge in [0.2, 0.25) is 0 Å². The van der Waals surface area contributed by atoms with E-state index < -0.39 is 0 Å². The fourth-order valence-electron chi connectivity index (χ4n) is 2.59. The molecule has 0 rings (SSSR count). The van der Waals surface area contributed by atoms with Crippen molar-refractivity contribution in [3.8, 4) is 0 Å². The number of rotatable bonds is 8. The van der Waals surface area contributed by atoms with Crippen molar-refractivity contribution in [2.45, 2.75) is 78.4 Å². The van der Waals surface area contributed by atoms with Gasteiger partial charge < -0.3 is 5.73 Å². The zero-order valence-electron chi connectivity index (χ0n) is 12.2. The van der Waals surface area contributed by atoms with Gasteiger partial charge in [-0.25, -0.2) is 0 Å². The minimum absolute atomic E-state index is 0.328. The minimum Gasteiger partial charge on any atom is -0.326 e. The first-order valence-corrected chi connectivity index (χ1v) is 6.91. The van der Waals surface area contributed by atoms with Gasteiger partial charge in [0.05, 0.1) is 0 Å². The summed E-state index contributed by atoms with van der Waals surface area (Å²) < 4.78 is 0. The van der Waals surface area contributed by atoms with Crippen LogP contribution < -0.4 is 5.73 Å². The Morgan fingerprint density at radius 3 is 2.06 bits per heavy atom. The Morgan fingerprint density at radius 1 is 1.12 bits per heavy atom. The van der Waals surface area contributed by atoms with Crippen molar-refractivity contribution >= 4 is 0 Å². The molecule has 2 nitrogen and oxygen atoms in total. The van der Waals surface area contributed by atoms with Gasteiger partial charge in [-0.2, -0.15) is 0 Å². The van der Waals surface area contributed by atoms with Crippen molar-refractivity contribution in [1.29, 1.82) is 0 Å². The molecule has 98 valence electrons. The summed E-state index contributed by atoms with van der Waals surface area (Å²) in [6.07, 6.45) is 4.73. The highest BCUT2D eigenvalue weighted by atomic mass is 15.2. The standard InChI is InChI=1S/C14H32N2/c1-7-9-13(15)14(8-2)16(6)12(5)10-11(3)4/h11-14H,7-10,15H2,1-6H3. The van der Waals surface area contributed by atoms with Gasteiger partial charge in [-0.3, -0.25) is 4.90 Å². The van der Waals surface area contributed by atoms with E-state index in [-0.39, 0.29) is 0 Å². The molecule has 0 aliphatic rings. The van der Waals surface area contributed by atoms with Gasteiger partial charge in [0.25, 0.3) is 0 Å². The highest BCUT2D eigenvalue weighted by Gasteiger charge is 2.23. The Morgan fingerprint density at radius 2 is 1.69 bits per heavy atom. The third-order valence-corrected chi connectivity index (χ3v) is 3.57. The Hall–Kier alpha value is -0.0800. The lowest BCUT2D eigenvalue weighted by Crippen LogP contribution is -2.49. The van der Waals surface area contributed by atoms with Crippen molar-refractivity contribution in [2.24, 2.45) is 11.7 Å². The monoisotopic (exact) mass is 228 g/mol. The van der Waals surface area contributed by atoms with Crippen LogP contribution in [0.1, 0.15) is 60.3 Å². The van der Waals surface area contributed by atoms with Gasteiger partial charge in [-0.05, 0) is 39.2 Å². The van der Waals surface area contributed by atoms with E-state index in [1.54, 1.807) is 0 Å². The SMILES string of the molecule is CCCC(N)C(CC)N(C)C(C)CC(C)C. The first-order valence-electron chi connectivity index (χ1n) is 6.91. The molecule has 0 radical (unpaired) electrons. The summed E-state index contributed by atoms with van der Waals surface area (Å²) in [4.78, 5) is 2.49. The molecule has 0 amide bonds. The zero-order chi connectivity index (χ0) is 12.7. The van der Waals surface area contributed by atoms with Gasteiger partial charge in [0.1, 0.15) is 0 Å². The van der Waals surface area contributed by atoms with Crippen LogP contribution in [0.15, 0.2) is 0 Å². The number of nitrogens with zero attached hydrogens (tertiary/aromatic N) is 1. The second-order valence-electron chi connectivity index (χ2n) is 5.57. The average Bonchev–Trinajstić information content (AvgIpc) is 2.17. The summed E-state index contributed by atoms with van der Waals surface area (Å²) in [5.41, 5.74) is 6.27. The number of likely N-dealkylation sites (N-methyl/N-ethyl adjacent to an activating group) is 1. The first-order chi connectivity index (χ1) is 7.43. The van der Waals surface area contributed by atoms with Crippen LogP contribution in [0.25, 0.3) is 0 Å². The Kier molecular flexibility index (Phi) is 8.04. The van der Waals surface area contributed by atoms with Crippen molar-refractivity contribution in [3.63, 3.8) is 0 Å². The van der Waals surface area contributed by atoms with Crippen LogP contribution in [-0.2, 0) is 0 Å². The van der Waals surface area contributed by atoms with E-state index in [0.717, 1.165) is 18.8 Å². The predicted octanol–water partition coefficient (Wildman–Crippen LogP) is 3.26. The largest absolute Gasteiger partial charge is 0.326 e. The quantitative estimate of drug-likeness (QED) is 0.691. The molecule has 0 aromatic rings. The summed E-state index contributed by atoms with van der Waals surface area (Å²) in [5, 5.41) is 0. The third-order valence-electron chi connectivity index (χ3n) is 3.57. The average molecular weight is 228 g/mol. The molecule has 0 aliphatic carbocycles. The van der Waals surface area contributed by atoms with E-state index in [9.17, 15) is 0 Å².